The summed E-state index contributed by atoms with van der Waals surface area (Å²) in [5.74, 6) is 1.56. The van der Waals surface area contributed by atoms with Crippen molar-refractivity contribution in [3.63, 3.8) is 0 Å². The molecule has 158 valence electrons. The van der Waals surface area contributed by atoms with E-state index in [1.807, 2.05) is 49.4 Å². The van der Waals surface area contributed by atoms with Crippen LogP contribution < -0.4 is 24.7 Å². The molecule has 8 heteroatoms. The highest BCUT2D eigenvalue weighted by molar-refractivity contribution is 5.73. The first-order chi connectivity index (χ1) is 15.1. The molecular weight excluding hydrogens is 396 g/mol. The molecule has 1 aromatic heterocycles. The molecule has 3 N–H and O–H groups in total. The molecule has 0 bridgehead atoms. The Labute approximate surface area is 179 Å². The van der Waals surface area contributed by atoms with Gasteiger partial charge in [0.15, 0.2) is 11.5 Å². The van der Waals surface area contributed by atoms with Crippen LogP contribution in [0.2, 0.25) is 0 Å². The van der Waals surface area contributed by atoms with Crippen molar-refractivity contribution in [2.75, 3.05) is 20.8 Å². The molecule has 1 aliphatic rings. The van der Waals surface area contributed by atoms with Crippen LogP contribution in [0.1, 0.15) is 24.0 Å². The minimum Gasteiger partial charge on any atom is -0.497 e. The summed E-state index contributed by atoms with van der Waals surface area (Å²) in [5, 5.41) is 17.3. The molecule has 0 aliphatic carbocycles. The Bertz CT molecular complexity index is 1190. The van der Waals surface area contributed by atoms with Gasteiger partial charge in [-0.3, -0.25) is 5.10 Å². The van der Waals surface area contributed by atoms with Crippen molar-refractivity contribution in [2.45, 2.75) is 12.8 Å². The number of fused-ring (bicyclic) bond motifs is 1. The Morgan fingerprint density at radius 3 is 2.71 bits per heavy atom. The fraction of sp³-hybridized carbons (Fsp3) is 0.217. The van der Waals surface area contributed by atoms with Gasteiger partial charge in [0, 0.05) is 11.1 Å². The van der Waals surface area contributed by atoms with E-state index in [0.717, 1.165) is 11.1 Å². The summed E-state index contributed by atoms with van der Waals surface area (Å²) in [4.78, 5) is 0. The molecule has 2 aromatic carbocycles. The lowest BCUT2D eigenvalue weighted by molar-refractivity contribution is 0.306. The zero-order valence-electron chi connectivity index (χ0n) is 17.4. The van der Waals surface area contributed by atoms with Crippen LogP contribution in [0.15, 0.2) is 53.9 Å². The first-order valence-electron chi connectivity index (χ1n) is 9.72. The van der Waals surface area contributed by atoms with E-state index in [1.165, 1.54) is 0 Å². The summed E-state index contributed by atoms with van der Waals surface area (Å²) < 4.78 is 22.5. The number of methoxy groups -OCH3 is 2. The standard InChI is InChI=1S/C23H22N4O4/c1-4-30-21-15(9-6-10-17(21)29-3)18-16(12-24)22(25)31-23-19(18)20(26-27-23)13-7-5-8-14(11-13)28-2/h5-11,18H,4,25H2,1-3H3,(H,26,27)/t18-/m0/s1. The molecule has 3 aromatic rings. The van der Waals surface area contributed by atoms with Crippen LogP contribution in [0.5, 0.6) is 23.1 Å². The number of benzene rings is 2. The van der Waals surface area contributed by atoms with Crippen molar-refractivity contribution in [3.8, 4) is 40.5 Å². The number of nitrogens with zero attached hydrogens (tertiary/aromatic N) is 2. The summed E-state index contributed by atoms with van der Waals surface area (Å²) in [6, 6.07) is 15.3. The highest BCUT2D eigenvalue weighted by Gasteiger charge is 2.37. The van der Waals surface area contributed by atoms with Crippen molar-refractivity contribution < 1.29 is 18.9 Å². The van der Waals surface area contributed by atoms with Gasteiger partial charge in [0.25, 0.3) is 0 Å². The number of nitrogens with one attached hydrogen (secondary N) is 1. The van der Waals surface area contributed by atoms with E-state index in [1.54, 1.807) is 14.2 Å². The molecule has 4 rings (SSSR count). The molecule has 8 nitrogen and oxygen atoms in total. The average molecular weight is 418 g/mol. The van der Waals surface area contributed by atoms with Crippen LogP contribution in [-0.4, -0.2) is 31.0 Å². The second-order valence-electron chi connectivity index (χ2n) is 6.79. The Morgan fingerprint density at radius 2 is 2.00 bits per heavy atom. The van der Waals surface area contributed by atoms with Gasteiger partial charge in [0.1, 0.15) is 17.4 Å². The minimum absolute atomic E-state index is 0.00830. The lowest BCUT2D eigenvalue weighted by atomic mass is 9.82. The number of nitriles is 1. The second-order valence-corrected chi connectivity index (χ2v) is 6.79. The first-order valence-corrected chi connectivity index (χ1v) is 9.72. The summed E-state index contributed by atoms with van der Waals surface area (Å²) in [6.07, 6.45) is 0. The van der Waals surface area contributed by atoms with Crippen molar-refractivity contribution in [1.29, 1.82) is 5.26 Å². The highest BCUT2D eigenvalue weighted by Crippen LogP contribution is 2.49. The number of H-pyrrole nitrogens is 1. The van der Waals surface area contributed by atoms with Crippen LogP contribution in [0.25, 0.3) is 11.3 Å². The predicted molar refractivity (Wildman–Crippen MR) is 114 cm³/mol. The van der Waals surface area contributed by atoms with Crippen LogP contribution in [0, 0.1) is 11.3 Å². The molecule has 0 saturated heterocycles. The van der Waals surface area contributed by atoms with Gasteiger partial charge >= 0.3 is 0 Å². The summed E-state index contributed by atoms with van der Waals surface area (Å²) in [7, 11) is 3.18. The summed E-state index contributed by atoms with van der Waals surface area (Å²) in [5.41, 5.74) is 9.33. The van der Waals surface area contributed by atoms with Gasteiger partial charge in [-0.15, -0.1) is 5.10 Å². The number of para-hydroxylation sites is 1. The number of ether oxygens (including phenoxy) is 4. The Morgan fingerprint density at radius 1 is 1.19 bits per heavy atom. The van der Waals surface area contributed by atoms with Gasteiger partial charge in [0.05, 0.1) is 38.0 Å². The number of rotatable bonds is 6. The Kier molecular flexibility index (Phi) is 5.41. The fourth-order valence-electron chi connectivity index (χ4n) is 3.77. The van der Waals surface area contributed by atoms with E-state index in [0.29, 0.717) is 41.0 Å². The highest BCUT2D eigenvalue weighted by atomic mass is 16.5. The molecule has 0 saturated carbocycles. The van der Waals surface area contributed by atoms with Gasteiger partial charge in [-0.05, 0) is 25.1 Å². The van der Waals surface area contributed by atoms with E-state index < -0.39 is 5.92 Å². The topological polar surface area (TPSA) is 115 Å². The van der Waals surface area contributed by atoms with Crippen molar-refractivity contribution in [2.24, 2.45) is 5.73 Å². The molecule has 1 atom stereocenters. The van der Waals surface area contributed by atoms with Gasteiger partial charge in [0.2, 0.25) is 11.8 Å². The minimum atomic E-state index is -0.564. The van der Waals surface area contributed by atoms with Gasteiger partial charge in [-0.25, -0.2) is 0 Å². The number of aromatic nitrogens is 2. The average Bonchev–Trinajstić information content (AvgIpc) is 3.22. The normalized spacial score (nSPS) is 15.0. The van der Waals surface area contributed by atoms with E-state index in [2.05, 4.69) is 16.3 Å². The van der Waals surface area contributed by atoms with Crippen LogP contribution in [0.3, 0.4) is 0 Å². The SMILES string of the molecule is CCOc1c(OC)cccc1[C@H]1C(C#N)=C(N)Oc2n[nH]c(-c3cccc(OC)c3)c21. The van der Waals surface area contributed by atoms with Crippen molar-refractivity contribution in [3.05, 3.63) is 65.0 Å². The maximum atomic E-state index is 9.96. The van der Waals surface area contributed by atoms with Crippen LogP contribution in [-0.2, 0) is 0 Å². The fourth-order valence-corrected chi connectivity index (χ4v) is 3.77. The molecule has 2 heterocycles. The zero-order chi connectivity index (χ0) is 22.0. The third kappa shape index (κ3) is 3.40. The van der Waals surface area contributed by atoms with Crippen LogP contribution in [0.4, 0.5) is 0 Å². The summed E-state index contributed by atoms with van der Waals surface area (Å²) >= 11 is 0. The Hall–Kier alpha value is -4.12. The number of hydrogen-bond donors (Lipinski definition) is 2. The summed E-state index contributed by atoms with van der Waals surface area (Å²) in [6.45, 7) is 2.32. The molecular formula is C23H22N4O4. The van der Waals surface area contributed by atoms with Crippen molar-refractivity contribution in [1.82, 2.24) is 10.2 Å². The van der Waals surface area contributed by atoms with Gasteiger partial charge < -0.3 is 24.7 Å². The van der Waals surface area contributed by atoms with Gasteiger partial charge in [-0.1, -0.05) is 24.3 Å². The monoisotopic (exact) mass is 418 g/mol. The van der Waals surface area contributed by atoms with Crippen molar-refractivity contribution >= 4 is 0 Å². The van der Waals surface area contributed by atoms with E-state index in [-0.39, 0.29) is 11.5 Å². The zero-order valence-corrected chi connectivity index (χ0v) is 17.4. The predicted octanol–water partition coefficient (Wildman–Crippen LogP) is 3.71. The smallest absolute Gasteiger partial charge is 0.244 e. The van der Waals surface area contributed by atoms with E-state index in [9.17, 15) is 5.26 Å². The second kappa shape index (κ2) is 8.32. The molecule has 0 radical (unpaired) electrons. The van der Waals surface area contributed by atoms with E-state index in [4.69, 9.17) is 24.7 Å². The maximum Gasteiger partial charge on any atom is 0.244 e. The lowest BCUT2D eigenvalue weighted by Crippen LogP contribution is -2.21. The number of allylic oxidation sites excluding steroid dienone is 1. The first kappa shape index (κ1) is 20.2. The molecule has 0 fully saturated rings. The molecule has 0 spiro atoms. The Balaban J connectivity index is 1.98. The number of nitrogens with two attached hydrogens (primary N) is 1. The molecule has 31 heavy (non-hydrogen) atoms. The third-order valence-electron chi connectivity index (χ3n) is 5.13. The lowest BCUT2D eigenvalue weighted by Gasteiger charge is -2.26. The molecule has 0 unspecified atom stereocenters. The number of hydrogen-bond acceptors (Lipinski definition) is 7. The third-order valence-corrected chi connectivity index (χ3v) is 5.13. The van der Waals surface area contributed by atoms with E-state index >= 15 is 0 Å². The quantitative estimate of drug-likeness (QED) is 0.627. The largest absolute Gasteiger partial charge is 0.497 e. The molecule has 1 aliphatic heterocycles. The van der Waals surface area contributed by atoms with Gasteiger partial charge in [-0.2, -0.15) is 5.26 Å². The molecule has 0 amide bonds. The maximum absolute atomic E-state index is 9.96. The van der Waals surface area contributed by atoms with Crippen LogP contribution >= 0.6 is 0 Å². The number of aromatic amines is 1.